The normalized spacial score (nSPS) is 12.4. The van der Waals surface area contributed by atoms with Gasteiger partial charge in [0, 0.05) is 19.3 Å². The largest absolute Gasteiger partial charge is 0.462 e. The third-order valence-electron chi connectivity index (χ3n) is 13.2. The third kappa shape index (κ3) is 56.0. The summed E-state index contributed by atoms with van der Waals surface area (Å²) < 4.78 is 16.8. The molecule has 0 amide bonds. The SMILES string of the molecule is CC/C=C\C/C=C\C/C=C\CCCCCC(=O)OC(COC(=O)CCCCCCC/C=C\C/C=C\CCC)COC(=O)CCCCCCCCCCCCCCCCCCCCCCCCCCCC. The highest BCUT2D eigenvalue weighted by atomic mass is 16.6. The van der Waals surface area contributed by atoms with E-state index >= 15 is 0 Å². The molecule has 0 radical (unpaired) electrons. The molecule has 0 fully saturated rings. The molecule has 70 heavy (non-hydrogen) atoms. The van der Waals surface area contributed by atoms with Crippen LogP contribution in [0.2, 0.25) is 0 Å². The van der Waals surface area contributed by atoms with Crippen LogP contribution in [0.4, 0.5) is 0 Å². The fourth-order valence-corrected chi connectivity index (χ4v) is 8.73. The number of unbranched alkanes of at least 4 members (excludes halogenated alkanes) is 34. The van der Waals surface area contributed by atoms with Crippen LogP contribution >= 0.6 is 0 Å². The van der Waals surface area contributed by atoms with Gasteiger partial charge in [-0.25, -0.2) is 0 Å². The van der Waals surface area contributed by atoms with E-state index < -0.39 is 6.10 Å². The average molecular weight is 980 g/mol. The Morgan fingerprint density at radius 1 is 0.300 bits per heavy atom. The number of ether oxygens (including phenoxy) is 3. The predicted octanol–water partition coefficient (Wildman–Crippen LogP) is 20.4. The van der Waals surface area contributed by atoms with Crippen LogP contribution in [0, 0.1) is 0 Å². The molecule has 0 aromatic rings. The van der Waals surface area contributed by atoms with E-state index in [1.54, 1.807) is 0 Å². The molecule has 406 valence electrons. The van der Waals surface area contributed by atoms with Crippen molar-refractivity contribution < 1.29 is 28.6 Å². The van der Waals surface area contributed by atoms with Crippen molar-refractivity contribution in [2.75, 3.05) is 13.2 Å². The monoisotopic (exact) mass is 979 g/mol. The molecule has 0 aliphatic rings. The molecular formula is C64H114O6. The lowest BCUT2D eigenvalue weighted by molar-refractivity contribution is -0.167. The molecule has 0 N–H and O–H groups in total. The lowest BCUT2D eigenvalue weighted by Gasteiger charge is -2.18. The summed E-state index contributed by atoms with van der Waals surface area (Å²) in [5.41, 5.74) is 0. The van der Waals surface area contributed by atoms with Crippen LogP contribution in [-0.4, -0.2) is 37.2 Å². The Morgan fingerprint density at radius 2 is 0.586 bits per heavy atom. The van der Waals surface area contributed by atoms with Gasteiger partial charge in [0.15, 0.2) is 6.10 Å². The topological polar surface area (TPSA) is 78.9 Å². The van der Waals surface area contributed by atoms with Gasteiger partial charge < -0.3 is 14.2 Å². The lowest BCUT2D eigenvalue weighted by Crippen LogP contribution is -2.30. The maximum absolute atomic E-state index is 12.8. The first kappa shape index (κ1) is 67.1. The Kier molecular flexibility index (Phi) is 56.3. The van der Waals surface area contributed by atoms with Crippen molar-refractivity contribution in [1.29, 1.82) is 0 Å². The molecule has 0 saturated carbocycles. The predicted molar refractivity (Wildman–Crippen MR) is 302 cm³/mol. The molecule has 1 atom stereocenters. The molecular weight excluding hydrogens is 865 g/mol. The number of allylic oxidation sites excluding steroid dienone is 10. The molecule has 0 aliphatic heterocycles. The quantitative estimate of drug-likeness (QED) is 0.0261. The van der Waals surface area contributed by atoms with Gasteiger partial charge in [0.25, 0.3) is 0 Å². The molecule has 0 bridgehead atoms. The minimum atomic E-state index is -0.794. The van der Waals surface area contributed by atoms with Gasteiger partial charge in [-0.15, -0.1) is 0 Å². The highest BCUT2D eigenvalue weighted by Gasteiger charge is 2.19. The van der Waals surface area contributed by atoms with Crippen molar-refractivity contribution >= 4 is 17.9 Å². The first-order valence-corrected chi connectivity index (χ1v) is 30.3. The van der Waals surface area contributed by atoms with Gasteiger partial charge in [0.05, 0.1) is 0 Å². The van der Waals surface area contributed by atoms with Crippen molar-refractivity contribution in [3.63, 3.8) is 0 Å². The summed E-state index contributed by atoms with van der Waals surface area (Å²) in [5.74, 6) is -0.921. The zero-order valence-corrected chi connectivity index (χ0v) is 46.5. The molecule has 0 spiro atoms. The van der Waals surface area contributed by atoms with Crippen molar-refractivity contribution in [2.45, 2.75) is 316 Å². The summed E-state index contributed by atoms with van der Waals surface area (Å²) in [4.78, 5) is 38.1. The standard InChI is InChI=1S/C64H114O6/c1-4-7-10-13-16-19-22-25-26-27-28-29-30-31-32-33-34-35-36-37-40-42-45-48-51-54-57-63(66)69-60-61(70-64(67)58-55-52-49-46-43-39-24-21-18-15-12-9-6-3)59-68-62(65)56-53-50-47-44-41-38-23-20-17-14-11-8-5-2/h9,11-12,14,18,20-21,23,39,43,61H,4-8,10,13,15-17,19,22,24-38,40-42,44-60H2,1-3H3/b12-9-,14-11-,21-18-,23-20-,43-39-. The van der Waals surface area contributed by atoms with E-state index in [1.165, 1.54) is 154 Å². The lowest BCUT2D eigenvalue weighted by atomic mass is 10.0. The highest BCUT2D eigenvalue weighted by Crippen LogP contribution is 2.17. The first-order chi connectivity index (χ1) is 34.5. The molecule has 0 saturated heterocycles. The number of carbonyl (C=O) groups excluding carboxylic acids is 3. The van der Waals surface area contributed by atoms with Crippen LogP contribution < -0.4 is 0 Å². The van der Waals surface area contributed by atoms with Crippen molar-refractivity contribution in [3.8, 4) is 0 Å². The molecule has 0 aromatic carbocycles. The minimum Gasteiger partial charge on any atom is -0.462 e. The summed E-state index contributed by atoms with van der Waals surface area (Å²) in [6, 6.07) is 0. The Bertz CT molecular complexity index is 1260. The van der Waals surface area contributed by atoms with E-state index in [0.717, 1.165) is 116 Å². The Morgan fingerprint density at radius 3 is 0.943 bits per heavy atom. The average Bonchev–Trinajstić information content (AvgIpc) is 3.36. The second kappa shape index (κ2) is 58.7. The molecule has 1 unspecified atom stereocenters. The van der Waals surface area contributed by atoms with Gasteiger partial charge in [0.2, 0.25) is 0 Å². The van der Waals surface area contributed by atoms with E-state index in [0.29, 0.717) is 19.3 Å². The molecule has 6 heteroatoms. The smallest absolute Gasteiger partial charge is 0.306 e. The van der Waals surface area contributed by atoms with Crippen molar-refractivity contribution in [3.05, 3.63) is 60.8 Å². The number of esters is 3. The van der Waals surface area contributed by atoms with Crippen LogP contribution in [0.15, 0.2) is 60.8 Å². The summed E-state index contributed by atoms with van der Waals surface area (Å²) in [5, 5.41) is 0. The molecule has 0 rings (SSSR count). The minimum absolute atomic E-state index is 0.0884. The van der Waals surface area contributed by atoms with E-state index in [9.17, 15) is 14.4 Å². The molecule has 0 aromatic heterocycles. The van der Waals surface area contributed by atoms with Gasteiger partial charge in [-0.05, 0) is 77.0 Å². The second-order valence-corrected chi connectivity index (χ2v) is 20.2. The first-order valence-electron chi connectivity index (χ1n) is 30.3. The molecule has 6 nitrogen and oxygen atoms in total. The third-order valence-corrected chi connectivity index (χ3v) is 13.2. The maximum atomic E-state index is 12.8. The van der Waals surface area contributed by atoms with Crippen molar-refractivity contribution in [2.24, 2.45) is 0 Å². The Balaban J connectivity index is 4.21. The van der Waals surface area contributed by atoms with Gasteiger partial charge in [-0.2, -0.15) is 0 Å². The number of rotatable bonds is 55. The number of hydrogen-bond acceptors (Lipinski definition) is 6. The molecule has 0 heterocycles. The summed E-state index contributed by atoms with van der Waals surface area (Å²) >= 11 is 0. The van der Waals surface area contributed by atoms with Gasteiger partial charge >= 0.3 is 17.9 Å². The van der Waals surface area contributed by atoms with Crippen LogP contribution in [0.25, 0.3) is 0 Å². The van der Waals surface area contributed by atoms with Crippen LogP contribution in [-0.2, 0) is 28.6 Å². The van der Waals surface area contributed by atoms with E-state index in [2.05, 4.69) is 81.5 Å². The number of hydrogen-bond donors (Lipinski definition) is 0. The highest BCUT2D eigenvalue weighted by molar-refractivity contribution is 5.71. The Hall–Kier alpha value is -2.89. The number of carbonyl (C=O) groups is 3. The Labute approximate surface area is 434 Å². The second-order valence-electron chi connectivity index (χ2n) is 20.2. The zero-order chi connectivity index (χ0) is 50.7. The fraction of sp³-hybridized carbons (Fsp3) is 0.797. The van der Waals surface area contributed by atoms with Gasteiger partial charge in [-0.1, -0.05) is 274 Å². The van der Waals surface area contributed by atoms with Gasteiger partial charge in [-0.3, -0.25) is 14.4 Å². The van der Waals surface area contributed by atoms with Crippen LogP contribution in [0.5, 0.6) is 0 Å². The maximum Gasteiger partial charge on any atom is 0.306 e. The van der Waals surface area contributed by atoms with E-state index in [1.807, 2.05) is 0 Å². The van der Waals surface area contributed by atoms with E-state index in [-0.39, 0.29) is 31.1 Å². The van der Waals surface area contributed by atoms with Crippen LogP contribution in [0.3, 0.4) is 0 Å². The van der Waals surface area contributed by atoms with Gasteiger partial charge in [0.1, 0.15) is 13.2 Å². The van der Waals surface area contributed by atoms with Crippen molar-refractivity contribution in [1.82, 2.24) is 0 Å². The summed E-state index contributed by atoms with van der Waals surface area (Å²) in [7, 11) is 0. The molecule has 0 aliphatic carbocycles. The fourth-order valence-electron chi connectivity index (χ4n) is 8.73. The van der Waals surface area contributed by atoms with E-state index in [4.69, 9.17) is 14.2 Å². The summed E-state index contributed by atoms with van der Waals surface area (Å²) in [6.07, 6.45) is 73.9. The zero-order valence-electron chi connectivity index (χ0n) is 46.5. The van der Waals surface area contributed by atoms with Crippen LogP contribution in [0.1, 0.15) is 310 Å². The summed E-state index contributed by atoms with van der Waals surface area (Å²) in [6.45, 7) is 6.46.